The fourth-order valence-corrected chi connectivity index (χ4v) is 4.05. The molecule has 1 aliphatic rings. The van der Waals surface area contributed by atoms with Crippen LogP contribution in [0.3, 0.4) is 0 Å². The van der Waals surface area contributed by atoms with Gasteiger partial charge in [-0.05, 0) is 44.4 Å². The van der Waals surface area contributed by atoms with E-state index in [1.54, 1.807) is 30.4 Å². The molecule has 0 radical (unpaired) electrons. The molecule has 34 heavy (non-hydrogen) atoms. The zero-order valence-electron chi connectivity index (χ0n) is 19.6. The van der Waals surface area contributed by atoms with Crippen molar-refractivity contribution >= 4 is 5.95 Å². The van der Waals surface area contributed by atoms with E-state index in [4.69, 9.17) is 14.5 Å². The molecule has 0 unspecified atom stereocenters. The topological polar surface area (TPSA) is 91.1 Å². The quantitative estimate of drug-likeness (QED) is 0.420. The van der Waals surface area contributed by atoms with Crippen LogP contribution in [0.5, 0.6) is 17.4 Å². The summed E-state index contributed by atoms with van der Waals surface area (Å²) in [5.74, 6) is 2.57. The van der Waals surface area contributed by atoms with E-state index in [9.17, 15) is 0 Å². The number of hydrogen-bond acceptors (Lipinski definition) is 8. The molecule has 1 saturated heterocycles. The highest BCUT2D eigenvalue weighted by Gasteiger charge is 2.18. The molecular formula is C25H27N7O2. The lowest BCUT2D eigenvalue weighted by Gasteiger charge is -2.26. The fourth-order valence-electron chi connectivity index (χ4n) is 4.05. The number of rotatable bonds is 6. The molecule has 1 aliphatic heterocycles. The molecule has 9 nitrogen and oxygen atoms in total. The average molecular weight is 458 g/mol. The zero-order valence-corrected chi connectivity index (χ0v) is 19.6. The molecule has 0 aliphatic carbocycles. The van der Waals surface area contributed by atoms with E-state index in [1.165, 1.54) is 6.42 Å². The smallest absolute Gasteiger partial charge is 0.228 e. The van der Waals surface area contributed by atoms with Crippen molar-refractivity contribution in [2.24, 2.45) is 7.05 Å². The van der Waals surface area contributed by atoms with Crippen LogP contribution in [0.1, 0.15) is 25.0 Å². The summed E-state index contributed by atoms with van der Waals surface area (Å²) in [5, 5.41) is 4.21. The standard InChI is InChI=1S/C25H27N7O2/c1-17-23(34-19-9-10-26-22(13-19)18-14-28-31(2)16-18)8-7-21(29-17)20-15-27-25(30-24(20)33-3)32-11-5-4-6-12-32/h7-10,13-16H,4-6,11-12H2,1-3H3. The Labute approximate surface area is 198 Å². The molecule has 0 amide bonds. The summed E-state index contributed by atoms with van der Waals surface area (Å²) in [7, 11) is 3.50. The van der Waals surface area contributed by atoms with Gasteiger partial charge in [-0.2, -0.15) is 10.1 Å². The minimum Gasteiger partial charge on any atom is -0.480 e. The first-order chi connectivity index (χ1) is 16.6. The van der Waals surface area contributed by atoms with Crippen LogP contribution in [0.15, 0.2) is 49.1 Å². The van der Waals surface area contributed by atoms with Gasteiger partial charge in [0.15, 0.2) is 0 Å². The predicted octanol–water partition coefficient (Wildman–Crippen LogP) is 4.43. The van der Waals surface area contributed by atoms with Crippen LogP contribution in [0, 0.1) is 6.92 Å². The van der Waals surface area contributed by atoms with Crippen molar-refractivity contribution in [2.45, 2.75) is 26.2 Å². The molecule has 0 spiro atoms. The van der Waals surface area contributed by atoms with Crippen molar-refractivity contribution in [2.75, 3.05) is 25.1 Å². The van der Waals surface area contributed by atoms with Gasteiger partial charge in [0.1, 0.15) is 11.5 Å². The van der Waals surface area contributed by atoms with Gasteiger partial charge in [-0.15, -0.1) is 0 Å². The van der Waals surface area contributed by atoms with Gasteiger partial charge in [0.25, 0.3) is 0 Å². The van der Waals surface area contributed by atoms with Crippen molar-refractivity contribution in [3.8, 4) is 39.9 Å². The summed E-state index contributed by atoms with van der Waals surface area (Å²) >= 11 is 0. The number of anilines is 1. The van der Waals surface area contributed by atoms with Gasteiger partial charge in [0.05, 0.1) is 36.0 Å². The number of methoxy groups -OCH3 is 1. The lowest BCUT2D eigenvalue weighted by atomic mass is 10.1. The van der Waals surface area contributed by atoms with Crippen molar-refractivity contribution in [3.63, 3.8) is 0 Å². The van der Waals surface area contributed by atoms with Gasteiger partial charge in [-0.3, -0.25) is 9.67 Å². The fraction of sp³-hybridized carbons (Fsp3) is 0.320. The monoisotopic (exact) mass is 457 g/mol. The Kier molecular flexibility index (Phi) is 6.07. The van der Waals surface area contributed by atoms with E-state index in [2.05, 4.69) is 25.0 Å². The average Bonchev–Trinajstić information content (AvgIpc) is 3.32. The largest absolute Gasteiger partial charge is 0.480 e. The van der Waals surface area contributed by atoms with Crippen LogP contribution in [0.4, 0.5) is 5.95 Å². The van der Waals surface area contributed by atoms with E-state index >= 15 is 0 Å². The summed E-state index contributed by atoms with van der Waals surface area (Å²) in [6.07, 6.45) is 10.8. The Bertz CT molecular complexity index is 1300. The SMILES string of the molecule is COc1nc(N2CCCCC2)ncc1-c1ccc(Oc2ccnc(-c3cnn(C)c3)c2)c(C)n1. The van der Waals surface area contributed by atoms with Crippen molar-refractivity contribution in [1.29, 1.82) is 0 Å². The molecular weight excluding hydrogens is 430 g/mol. The molecule has 174 valence electrons. The highest BCUT2D eigenvalue weighted by Crippen LogP contribution is 2.32. The Balaban J connectivity index is 1.38. The van der Waals surface area contributed by atoms with Crippen LogP contribution in [-0.4, -0.2) is 49.9 Å². The summed E-state index contributed by atoms with van der Waals surface area (Å²) in [4.78, 5) is 20.6. The summed E-state index contributed by atoms with van der Waals surface area (Å²) < 4.78 is 13.5. The third-order valence-corrected chi connectivity index (χ3v) is 5.85. The van der Waals surface area contributed by atoms with Gasteiger partial charge in [-0.25, -0.2) is 9.97 Å². The second-order valence-electron chi connectivity index (χ2n) is 8.30. The molecule has 0 aromatic carbocycles. The number of hydrogen-bond donors (Lipinski definition) is 0. The highest BCUT2D eigenvalue weighted by atomic mass is 16.5. The molecule has 4 aromatic rings. The van der Waals surface area contributed by atoms with Crippen LogP contribution >= 0.6 is 0 Å². The number of aryl methyl sites for hydroxylation is 2. The zero-order chi connectivity index (χ0) is 23.5. The molecule has 5 heterocycles. The van der Waals surface area contributed by atoms with Crippen LogP contribution in [-0.2, 0) is 7.05 Å². The van der Waals surface area contributed by atoms with Crippen LogP contribution < -0.4 is 14.4 Å². The summed E-state index contributed by atoms with van der Waals surface area (Å²) in [6, 6.07) is 7.51. The van der Waals surface area contributed by atoms with Gasteiger partial charge < -0.3 is 14.4 Å². The van der Waals surface area contributed by atoms with E-state index in [0.717, 1.165) is 54.1 Å². The molecule has 9 heteroatoms. The second-order valence-corrected chi connectivity index (χ2v) is 8.30. The summed E-state index contributed by atoms with van der Waals surface area (Å²) in [5.41, 5.74) is 3.96. The number of aromatic nitrogens is 6. The van der Waals surface area contributed by atoms with E-state index < -0.39 is 0 Å². The number of piperidine rings is 1. The number of ether oxygens (including phenoxy) is 2. The first-order valence-electron chi connectivity index (χ1n) is 11.4. The highest BCUT2D eigenvalue weighted by molar-refractivity contribution is 5.66. The van der Waals surface area contributed by atoms with Gasteiger partial charge in [-0.1, -0.05) is 0 Å². The molecule has 0 bridgehead atoms. The lowest BCUT2D eigenvalue weighted by molar-refractivity contribution is 0.397. The molecule has 1 fully saturated rings. The molecule has 5 rings (SSSR count). The van der Waals surface area contributed by atoms with Crippen molar-refractivity contribution in [1.82, 2.24) is 29.7 Å². The van der Waals surface area contributed by atoms with Gasteiger partial charge >= 0.3 is 0 Å². The van der Waals surface area contributed by atoms with Crippen LogP contribution in [0.2, 0.25) is 0 Å². The maximum Gasteiger partial charge on any atom is 0.228 e. The Morgan fingerprint density at radius 2 is 1.79 bits per heavy atom. The maximum absolute atomic E-state index is 6.13. The number of nitrogens with zero attached hydrogens (tertiary/aromatic N) is 7. The molecule has 0 N–H and O–H groups in total. The Morgan fingerprint density at radius 3 is 2.53 bits per heavy atom. The molecule has 0 atom stereocenters. The van der Waals surface area contributed by atoms with Crippen LogP contribution in [0.25, 0.3) is 22.5 Å². The Hall–Kier alpha value is -4.01. The third kappa shape index (κ3) is 4.54. The first-order valence-corrected chi connectivity index (χ1v) is 11.4. The van der Waals surface area contributed by atoms with Gasteiger partial charge in [0.2, 0.25) is 11.8 Å². The van der Waals surface area contributed by atoms with E-state index in [1.807, 2.05) is 44.4 Å². The van der Waals surface area contributed by atoms with Crippen molar-refractivity contribution in [3.05, 3.63) is 54.7 Å². The predicted molar refractivity (Wildman–Crippen MR) is 129 cm³/mol. The van der Waals surface area contributed by atoms with E-state index in [0.29, 0.717) is 23.3 Å². The normalized spacial score (nSPS) is 13.7. The summed E-state index contributed by atoms with van der Waals surface area (Å²) in [6.45, 7) is 3.87. The Morgan fingerprint density at radius 1 is 0.941 bits per heavy atom. The number of pyridine rings is 2. The van der Waals surface area contributed by atoms with E-state index in [-0.39, 0.29) is 0 Å². The molecule has 4 aromatic heterocycles. The minimum absolute atomic E-state index is 0.520. The minimum atomic E-state index is 0.520. The maximum atomic E-state index is 6.13. The first kappa shape index (κ1) is 21.8. The third-order valence-electron chi connectivity index (χ3n) is 5.85. The second kappa shape index (κ2) is 9.46. The lowest BCUT2D eigenvalue weighted by Crippen LogP contribution is -2.31. The van der Waals surface area contributed by atoms with Gasteiger partial charge in [0, 0.05) is 50.4 Å². The van der Waals surface area contributed by atoms with Crippen molar-refractivity contribution < 1.29 is 9.47 Å². The molecule has 0 saturated carbocycles.